The maximum Gasteiger partial charge on any atom is 0.226 e. The molecule has 1 saturated carbocycles. The van der Waals surface area contributed by atoms with Crippen LogP contribution in [0.3, 0.4) is 0 Å². The van der Waals surface area contributed by atoms with Gasteiger partial charge in [0.15, 0.2) is 0 Å². The third kappa shape index (κ3) is 2.37. The summed E-state index contributed by atoms with van der Waals surface area (Å²) in [6.07, 6.45) is 2.90. The number of hydrogen-bond donors (Lipinski definition) is 1. The summed E-state index contributed by atoms with van der Waals surface area (Å²) in [7, 11) is 0. The highest BCUT2D eigenvalue weighted by atomic mass is 19.1. The van der Waals surface area contributed by atoms with Gasteiger partial charge in [-0.25, -0.2) is 4.39 Å². The number of hydrogen-bond acceptors (Lipinski definition) is 2. The van der Waals surface area contributed by atoms with Crippen molar-refractivity contribution in [3.8, 4) is 0 Å². The number of amides is 1. The maximum atomic E-state index is 13.2. The molecule has 0 spiro atoms. The van der Waals surface area contributed by atoms with Crippen LogP contribution in [0.1, 0.15) is 30.7 Å². The van der Waals surface area contributed by atoms with Crippen LogP contribution in [0.25, 0.3) is 0 Å². The van der Waals surface area contributed by atoms with E-state index in [0.717, 1.165) is 31.4 Å². The van der Waals surface area contributed by atoms with Gasteiger partial charge in [0.05, 0.1) is 0 Å². The Bertz CT molecular complexity index is 491. The van der Waals surface area contributed by atoms with Crippen LogP contribution in [0.4, 0.5) is 4.39 Å². The largest absolute Gasteiger partial charge is 0.338 e. The zero-order valence-electron chi connectivity index (χ0n) is 10.9. The lowest BCUT2D eigenvalue weighted by Gasteiger charge is -2.23. The molecule has 4 heteroatoms. The Morgan fingerprint density at radius 1 is 1.47 bits per heavy atom. The second kappa shape index (κ2) is 4.93. The molecular weight excluding hydrogens is 243 g/mol. The molecule has 0 radical (unpaired) electrons. The van der Waals surface area contributed by atoms with Gasteiger partial charge in [0.2, 0.25) is 5.91 Å². The predicted molar refractivity (Wildman–Crippen MR) is 71.0 cm³/mol. The van der Waals surface area contributed by atoms with Gasteiger partial charge < -0.3 is 10.6 Å². The number of likely N-dealkylation sites (tertiary alicyclic amines) is 1. The second-order valence-electron chi connectivity index (χ2n) is 5.57. The number of nitrogens with zero attached hydrogens (tertiary/aromatic N) is 1. The van der Waals surface area contributed by atoms with Gasteiger partial charge in [0.25, 0.3) is 0 Å². The van der Waals surface area contributed by atoms with Crippen molar-refractivity contribution < 1.29 is 9.18 Å². The molecule has 1 aliphatic carbocycles. The maximum absolute atomic E-state index is 13.2. The van der Waals surface area contributed by atoms with Crippen molar-refractivity contribution in [3.63, 3.8) is 0 Å². The summed E-state index contributed by atoms with van der Waals surface area (Å²) in [6, 6.07) is 6.81. The normalized spacial score (nSPS) is 29.6. The fourth-order valence-corrected chi connectivity index (χ4v) is 3.16. The molecule has 0 aromatic heterocycles. The van der Waals surface area contributed by atoms with Gasteiger partial charge >= 0.3 is 0 Å². The predicted octanol–water partition coefficient (Wildman–Crippen LogP) is 1.88. The van der Waals surface area contributed by atoms with Gasteiger partial charge in [-0.3, -0.25) is 4.79 Å². The van der Waals surface area contributed by atoms with E-state index in [1.165, 1.54) is 6.07 Å². The lowest BCUT2D eigenvalue weighted by atomic mass is 10.1. The molecule has 1 aromatic carbocycles. The first kappa shape index (κ1) is 12.6. The topological polar surface area (TPSA) is 46.3 Å². The zero-order chi connectivity index (χ0) is 13.4. The summed E-state index contributed by atoms with van der Waals surface area (Å²) < 4.78 is 13.2. The van der Waals surface area contributed by atoms with Crippen LogP contribution in [0.2, 0.25) is 0 Å². The molecule has 3 nitrogen and oxygen atoms in total. The monoisotopic (exact) mass is 262 g/mol. The van der Waals surface area contributed by atoms with Crippen LogP contribution in [0.5, 0.6) is 0 Å². The molecule has 1 heterocycles. The van der Waals surface area contributed by atoms with E-state index >= 15 is 0 Å². The molecular formula is C15H19FN2O. The van der Waals surface area contributed by atoms with E-state index in [1.807, 2.05) is 11.0 Å². The highest BCUT2D eigenvalue weighted by molar-refractivity contribution is 5.83. The summed E-state index contributed by atoms with van der Waals surface area (Å²) in [5, 5.41) is 0. The Labute approximate surface area is 112 Å². The molecule has 19 heavy (non-hydrogen) atoms. The summed E-state index contributed by atoms with van der Waals surface area (Å²) in [4.78, 5) is 14.4. The number of carbonyl (C=O) groups excluding carboxylic acids is 1. The molecule has 1 saturated heterocycles. The molecule has 3 atom stereocenters. The van der Waals surface area contributed by atoms with Crippen molar-refractivity contribution in [2.24, 2.45) is 11.7 Å². The third-order valence-electron chi connectivity index (χ3n) is 4.32. The lowest BCUT2D eigenvalue weighted by molar-refractivity contribution is -0.133. The second-order valence-corrected chi connectivity index (χ2v) is 5.57. The molecule has 1 amide bonds. The molecule has 1 aromatic rings. The molecule has 3 rings (SSSR count). The number of carbonyl (C=O) groups is 1. The molecule has 2 aliphatic rings. The molecule has 102 valence electrons. The number of halogens is 1. The standard InChI is InChI=1S/C15H19FN2O/c16-11-4-1-3-10(7-11)13-8-14(13)15(19)18-6-2-5-12(18)9-17/h1,3-4,7,12-14H,2,5-6,8-9,17H2/t12-,13-,14-/m0/s1. The van der Waals surface area contributed by atoms with Crippen LogP contribution in [0, 0.1) is 11.7 Å². The minimum atomic E-state index is -0.225. The van der Waals surface area contributed by atoms with Gasteiger partial charge in [-0.2, -0.15) is 0 Å². The van der Waals surface area contributed by atoms with E-state index in [1.54, 1.807) is 12.1 Å². The Hall–Kier alpha value is -1.42. The number of benzene rings is 1. The molecule has 0 unspecified atom stereocenters. The Morgan fingerprint density at radius 3 is 3.05 bits per heavy atom. The first-order valence-electron chi connectivity index (χ1n) is 6.96. The fraction of sp³-hybridized carbons (Fsp3) is 0.533. The molecule has 0 bridgehead atoms. The van der Waals surface area contributed by atoms with Gasteiger partial charge in [0.1, 0.15) is 5.82 Å². The summed E-state index contributed by atoms with van der Waals surface area (Å²) >= 11 is 0. The first-order chi connectivity index (χ1) is 9.20. The summed E-state index contributed by atoms with van der Waals surface area (Å²) in [5.41, 5.74) is 6.65. The minimum absolute atomic E-state index is 0.0361. The highest BCUT2D eigenvalue weighted by Gasteiger charge is 2.47. The Balaban J connectivity index is 1.68. The zero-order valence-corrected chi connectivity index (χ0v) is 10.9. The quantitative estimate of drug-likeness (QED) is 0.904. The summed E-state index contributed by atoms with van der Waals surface area (Å²) in [5.74, 6) is 0.218. The van der Waals surface area contributed by atoms with Gasteiger partial charge in [0, 0.05) is 25.0 Å². The van der Waals surface area contributed by atoms with Crippen molar-refractivity contribution in [2.75, 3.05) is 13.1 Å². The Kier molecular flexibility index (Phi) is 3.27. The lowest BCUT2D eigenvalue weighted by Crippen LogP contribution is -2.40. The van der Waals surface area contributed by atoms with E-state index in [0.29, 0.717) is 6.54 Å². The van der Waals surface area contributed by atoms with Crippen molar-refractivity contribution >= 4 is 5.91 Å². The van der Waals surface area contributed by atoms with E-state index in [-0.39, 0.29) is 29.6 Å². The first-order valence-corrected chi connectivity index (χ1v) is 6.96. The molecule has 2 N–H and O–H groups in total. The van der Waals surface area contributed by atoms with Crippen molar-refractivity contribution in [1.29, 1.82) is 0 Å². The average Bonchev–Trinajstić information content (AvgIpc) is 3.07. The Morgan fingerprint density at radius 2 is 2.32 bits per heavy atom. The van der Waals surface area contributed by atoms with Crippen LogP contribution >= 0.6 is 0 Å². The van der Waals surface area contributed by atoms with E-state index in [4.69, 9.17) is 5.73 Å². The van der Waals surface area contributed by atoms with Crippen molar-refractivity contribution in [3.05, 3.63) is 35.6 Å². The van der Waals surface area contributed by atoms with E-state index in [2.05, 4.69) is 0 Å². The highest BCUT2D eigenvalue weighted by Crippen LogP contribution is 2.49. The van der Waals surface area contributed by atoms with Crippen LogP contribution in [0.15, 0.2) is 24.3 Å². The van der Waals surface area contributed by atoms with Gasteiger partial charge in [-0.1, -0.05) is 12.1 Å². The number of nitrogens with two attached hydrogens (primary N) is 1. The number of rotatable bonds is 3. The van der Waals surface area contributed by atoms with E-state index < -0.39 is 0 Å². The average molecular weight is 262 g/mol. The van der Waals surface area contributed by atoms with Crippen LogP contribution < -0.4 is 5.73 Å². The van der Waals surface area contributed by atoms with E-state index in [9.17, 15) is 9.18 Å². The third-order valence-corrected chi connectivity index (χ3v) is 4.32. The SMILES string of the molecule is NC[C@@H]1CCCN1C(=O)[C@H]1C[C@H]1c1cccc(F)c1. The smallest absolute Gasteiger partial charge is 0.226 e. The fourth-order valence-electron chi connectivity index (χ4n) is 3.16. The van der Waals surface area contributed by atoms with Gasteiger partial charge in [-0.15, -0.1) is 0 Å². The molecule has 2 fully saturated rings. The minimum Gasteiger partial charge on any atom is -0.338 e. The molecule has 1 aliphatic heterocycles. The van der Waals surface area contributed by atoms with Crippen molar-refractivity contribution in [1.82, 2.24) is 4.90 Å². The summed E-state index contributed by atoms with van der Waals surface area (Å²) in [6.45, 7) is 1.37. The van der Waals surface area contributed by atoms with Gasteiger partial charge in [-0.05, 0) is 42.9 Å². The van der Waals surface area contributed by atoms with Crippen molar-refractivity contribution in [2.45, 2.75) is 31.2 Å². The van der Waals surface area contributed by atoms with Crippen LogP contribution in [-0.2, 0) is 4.79 Å². The van der Waals surface area contributed by atoms with Crippen LogP contribution in [-0.4, -0.2) is 29.9 Å².